The van der Waals surface area contributed by atoms with Crippen molar-refractivity contribution in [3.63, 3.8) is 0 Å². The van der Waals surface area contributed by atoms with Crippen molar-refractivity contribution in [2.45, 2.75) is 64.7 Å². The van der Waals surface area contributed by atoms with Crippen LogP contribution in [0.25, 0.3) is 0 Å². The monoisotopic (exact) mass is 276 g/mol. The van der Waals surface area contributed by atoms with Gasteiger partial charge in [-0.2, -0.15) is 0 Å². The van der Waals surface area contributed by atoms with Gasteiger partial charge in [-0.25, -0.2) is 4.98 Å². The minimum Gasteiger partial charge on any atom is -0.333 e. The topological polar surface area (TPSA) is 33.1 Å². The zero-order chi connectivity index (χ0) is 13.9. The highest BCUT2D eigenvalue weighted by atomic mass is 15.3. The molecule has 0 bridgehead atoms. The van der Waals surface area contributed by atoms with Crippen LogP contribution in [0, 0.1) is 5.92 Å². The molecule has 1 saturated carbocycles. The van der Waals surface area contributed by atoms with E-state index in [1.54, 1.807) is 0 Å². The van der Waals surface area contributed by atoms with Crippen molar-refractivity contribution >= 4 is 0 Å². The summed E-state index contributed by atoms with van der Waals surface area (Å²) in [6.45, 7) is 9.11. The summed E-state index contributed by atoms with van der Waals surface area (Å²) in [7, 11) is 0. The van der Waals surface area contributed by atoms with E-state index in [1.165, 1.54) is 38.1 Å². The molecule has 3 atom stereocenters. The minimum absolute atomic E-state index is 0.674. The van der Waals surface area contributed by atoms with Crippen molar-refractivity contribution in [3.8, 4) is 0 Å². The summed E-state index contributed by atoms with van der Waals surface area (Å²) in [6.07, 6.45) is 9.32. The second-order valence-corrected chi connectivity index (χ2v) is 6.55. The molecule has 112 valence electrons. The van der Waals surface area contributed by atoms with E-state index in [2.05, 4.69) is 39.8 Å². The molecule has 2 aliphatic rings. The standard InChI is InChI=1S/C16H28N4/c1-3-6-17-14-5-4-13(2)11-15(14)20-10-9-19-8-7-18-16(19)12-20/h7-8,13-15,17H,3-6,9-12H2,1-2H3. The van der Waals surface area contributed by atoms with Crippen LogP contribution in [-0.2, 0) is 13.1 Å². The average molecular weight is 276 g/mol. The van der Waals surface area contributed by atoms with E-state index in [0.29, 0.717) is 12.1 Å². The van der Waals surface area contributed by atoms with Gasteiger partial charge in [-0.1, -0.05) is 13.8 Å². The highest BCUT2D eigenvalue weighted by Gasteiger charge is 2.34. The fourth-order valence-electron chi connectivity index (χ4n) is 3.80. The zero-order valence-electron chi connectivity index (χ0n) is 12.9. The van der Waals surface area contributed by atoms with Crippen LogP contribution in [-0.4, -0.2) is 39.6 Å². The molecule has 3 rings (SSSR count). The van der Waals surface area contributed by atoms with Crippen molar-refractivity contribution in [1.82, 2.24) is 19.8 Å². The van der Waals surface area contributed by atoms with Crippen LogP contribution < -0.4 is 5.32 Å². The van der Waals surface area contributed by atoms with E-state index in [1.807, 2.05) is 6.20 Å². The number of aromatic nitrogens is 2. The van der Waals surface area contributed by atoms with Crippen molar-refractivity contribution in [2.24, 2.45) is 5.92 Å². The Morgan fingerprint density at radius 1 is 1.35 bits per heavy atom. The second-order valence-electron chi connectivity index (χ2n) is 6.55. The van der Waals surface area contributed by atoms with E-state index in [9.17, 15) is 0 Å². The summed E-state index contributed by atoms with van der Waals surface area (Å²) in [4.78, 5) is 7.18. The van der Waals surface area contributed by atoms with Crippen LogP contribution in [0.2, 0.25) is 0 Å². The molecule has 4 nitrogen and oxygen atoms in total. The molecular weight excluding hydrogens is 248 g/mol. The van der Waals surface area contributed by atoms with Gasteiger partial charge in [-0.05, 0) is 38.1 Å². The van der Waals surface area contributed by atoms with Crippen LogP contribution in [0.5, 0.6) is 0 Å². The predicted octanol–water partition coefficient (Wildman–Crippen LogP) is 2.26. The summed E-state index contributed by atoms with van der Waals surface area (Å²) in [5.74, 6) is 2.10. The Morgan fingerprint density at radius 2 is 2.25 bits per heavy atom. The van der Waals surface area contributed by atoms with Crippen LogP contribution in [0.4, 0.5) is 0 Å². The van der Waals surface area contributed by atoms with Gasteiger partial charge >= 0.3 is 0 Å². The largest absolute Gasteiger partial charge is 0.333 e. The highest BCUT2D eigenvalue weighted by Crippen LogP contribution is 2.29. The molecule has 2 heterocycles. The lowest BCUT2D eigenvalue weighted by atomic mass is 9.82. The molecule has 0 spiro atoms. The Morgan fingerprint density at radius 3 is 3.10 bits per heavy atom. The molecule has 0 saturated heterocycles. The first kappa shape index (κ1) is 14.1. The Bertz CT molecular complexity index is 426. The third-order valence-corrected chi connectivity index (χ3v) is 4.98. The molecule has 1 aromatic rings. The summed E-state index contributed by atoms with van der Waals surface area (Å²) in [6, 6.07) is 1.36. The van der Waals surface area contributed by atoms with E-state index >= 15 is 0 Å². The van der Waals surface area contributed by atoms with Crippen LogP contribution >= 0.6 is 0 Å². The van der Waals surface area contributed by atoms with Crippen LogP contribution in [0.3, 0.4) is 0 Å². The van der Waals surface area contributed by atoms with E-state index < -0.39 is 0 Å². The summed E-state index contributed by atoms with van der Waals surface area (Å²) >= 11 is 0. The van der Waals surface area contributed by atoms with Crippen molar-refractivity contribution < 1.29 is 0 Å². The maximum atomic E-state index is 4.51. The maximum absolute atomic E-state index is 4.51. The number of hydrogen-bond donors (Lipinski definition) is 1. The molecule has 0 radical (unpaired) electrons. The number of hydrogen-bond acceptors (Lipinski definition) is 3. The zero-order valence-corrected chi connectivity index (χ0v) is 12.9. The minimum atomic E-state index is 0.674. The van der Waals surface area contributed by atoms with E-state index in [-0.39, 0.29) is 0 Å². The highest BCUT2D eigenvalue weighted by molar-refractivity contribution is 4.99. The smallest absolute Gasteiger partial charge is 0.122 e. The van der Waals surface area contributed by atoms with E-state index in [4.69, 9.17) is 0 Å². The van der Waals surface area contributed by atoms with Gasteiger partial charge in [0.1, 0.15) is 5.82 Å². The summed E-state index contributed by atoms with van der Waals surface area (Å²) in [5.41, 5.74) is 0. The first-order chi connectivity index (χ1) is 9.78. The molecule has 1 aromatic heterocycles. The van der Waals surface area contributed by atoms with Gasteiger partial charge in [0.2, 0.25) is 0 Å². The predicted molar refractivity (Wildman–Crippen MR) is 81.5 cm³/mol. The van der Waals surface area contributed by atoms with Crippen molar-refractivity contribution in [1.29, 1.82) is 0 Å². The van der Waals surface area contributed by atoms with Crippen LogP contribution in [0.1, 0.15) is 45.4 Å². The third kappa shape index (κ3) is 2.91. The van der Waals surface area contributed by atoms with Crippen molar-refractivity contribution in [2.75, 3.05) is 13.1 Å². The first-order valence-electron chi connectivity index (χ1n) is 8.25. The third-order valence-electron chi connectivity index (χ3n) is 4.98. The van der Waals surface area contributed by atoms with Crippen molar-refractivity contribution in [3.05, 3.63) is 18.2 Å². The quantitative estimate of drug-likeness (QED) is 0.915. The summed E-state index contributed by atoms with van der Waals surface area (Å²) in [5, 5.41) is 3.79. The maximum Gasteiger partial charge on any atom is 0.122 e. The van der Waals surface area contributed by atoms with E-state index in [0.717, 1.165) is 25.6 Å². The lowest BCUT2D eigenvalue weighted by Crippen LogP contribution is -2.54. The Balaban J connectivity index is 1.69. The van der Waals surface area contributed by atoms with Gasteiger partial charge in [0.05, 0.1) is 6.54 Å². The fraction of sp³-hybridized carbons (Fsp3) is 0.812. The number of imidazole rings is 1. The molecular formula is C16H28N4. The van der Waals surface area contributed by atoms with Crippen LogP contribution in [0.15, 0.2) is 12.4 Å². The molecule has 1 aliphatic heterocycles. The number of fused-ring (bicyclic) bond motifs is 1. The fourth-order valence-corrected chi connectivity index (χ4v) is 3.80. The number of rotatable bonds is 4. The van der Waals surface area contributed by atoms with Gasteiger partial charge in [0.25, 0.3) is 0 Å². The molecule has 0 aromatic carbocycles. The van der Waals surface area contributed by atoms with Gasteiger partial charge in [-0.3, -0.25) is 4.90 Å². The second kappa shape index (κ2) is 6.27. The molecule has 1 N–H and O–H groups in total. The van der Waals surface area contributed by atoms with Gasteiger partial charge in [0.15, 0.2) is 0 Å². The normalized spacial score (nSPS) is 31.2. The number of nitrogens with zero attached hydrogens (tertiary/aromatic N) is 3. The Hall–Kier alpha value is -0.870. The SMILES string of the molecule is CCCNC1CCC(C)CC1N1CCn2ccnc2C1. The molecule has 20 heavy (non-hydrogen) atoms. The molecule has 1 aliphatic carbocycles. The van der Waals surface area contributed by atoms with Gasteiger partial charge in [0, 0.05) is 37.6 Å². The average Bonchev–Trinajstić information content (AvgIpc) is 2.93. The Labute approximate surface area is 122 Å². The molecule has 3 unspecified atom stereocenters. The Kier molecular flexibility index (Phi) is 4.41. The lowest BCUT2D eigenvalue weighted by Gasteiger charge is -2.44. The number of nitrogens with one attached hydrogen (secondary N) is 1. The molecule has 4 heteroatoms. The molecule has 1 fully saturated rings. The molecule has 0 amide bonds. The summed E-state index contributed by atoms with van der Waals surface area (Å²) < 4.78 is 2.30. The van der Waals surface area contributed by atoms with Gasteiger partial charge in [-0.15, -0.1) is 0 Å². The first-order valence-corrected chi connectivity index (χ1v) is 8.25. The van der Waals surface area contributed by atoms with Gasteiger partial charge < -0.3 is 9.88 Å². The lowest BCUT2D eigenvalue weighted by molar-refractivity contribution is 0.0760.